The van der Waals surface area contributed by atoms with Crippen LogP contribution in [0.2, 0.25) is 0 Å². The van der Waals surface area contributed by atoms with Gasteiger partial charge < -0.3 is 4.74 Å². The minimum absolute atomic E-state index is 0.0390. The number of benzene rings is 1. The summed E-state index contributed by atoms with van der Waals surface area (Å²) in [6, 6.07) is 2.86. The summed E-state index contributed by atoms with van der Waals surface area (Å²) in [5.41, 5.74) is 1.14. The molecule has 1 aromatic carbocycles. The summed E-state index contributed by atoms with van der Waals surface area (Å²) in [4.78, 5) is 0.0472. The Morgan fingerprint density at radius 1 is 1.05 bits per heavy atom. The van der Waals surface area contributed by atoms with Crippen LogP contribution in [0.25, 0.3) is 0 Å². The lowest BCUT2D eigenvalue weighted by Crippen LogP contribution is -2.18. The monoisotopic (exact) mass is 335 g/mol. The van der Waals surface area contributed by atoms with Crippen molar-refractivity contribution in [3.8, 4) is 5.75 Å². The highest BCUT2D eigenvalue weighted by molar-refractivity contribution is 7.91. The molecule has 0 heterocycles. The molecule has 0 saturated heterocycles. The van der Waals surface area contributed by atoms with Crippen LogP contribution < -0.4 is 9.88 Å². The van der Waals surface area contributed by atoms with E-state index < -0.39 is 19.9 Å². The molecule has 1 aromatic rings. The number of primary sulfonamides is 1. The van der Waals surface area contributed by atoms with Crippen LogP contribution in [-0.2, 0) is 19.9 Å². The van der Waals surface area contributed by atoms with Crippen molar-refractivity contribution in [2.24, 2.45) is 5.14 Å². The van der Waals surface area contributed by atoms with Gasteiger partial charge >= 0.3 is 0 Å². The van der Waals surface area contributed by atoms with Gasteiger partial charge in [-0.1, -0.05) is 6.92 Å². The minimum Gasteiger partial charge on any atom is -0.492 e. The number of sulfone groups is 1. The zero-order chi connectivity index (χ0) is 16.3. The number of ether oxygens (including phenoxy) is 1. The van der Waals surface area contributed by atoms with Crippen LogP contribution in [0, 0.1) is 13.8 Å². The molecule has 21 heavy (non-hydrogen) atoms. The summed E-state index contributed by atoms with van der Waals surface area (Å²) in [6.07, 6.45) is 0.573. The molecule has 120 valence electrons. The second kappa shape index (κ2) is 6.76. The quantitative estimate of drug-likeness (QED) is 0.805. The fraction of sp³-hybridized carbons (Fsp3) is 0.538. The second-order valence-corrected chi connectivity index (χ2v) is 8.69. The zero-order valence-corrected chi connectivity index (χ0v) is 14.1. The van der Waals surface area contributed by atoms with Gasteiger partial charge in [-0.2, -0.15) is 0 Å². The molecule has 8 heteroatoms. The van der Waals surface area contributed by atoms with Crippen LogP contribution in [0.5, 0.6) is 5.75 Å². The fourth-order valence-electron chi connectivity index (χ4n) is 1.93. The zero-order valence-electron chi connectivity index (χ0n) is 12.4. The van der Waals surface area contributed by atoms with Crippen LogP contribution in [0.15, 0.2) is 17.0 Å². The Morgan fingerprint density at radius 2 is 1.67 bits per heavy atom. The molecule has 0 atom stereocenters. The minimum atomic E-state index is -3.78. The van der Waals surface area contributed by atoms with Crippen LogP contribution >= 0.6 is 0 Å². The van der Waals surface area contributed by atoms with Gasteiger partial charge in [0.2, 0.25) is 10.0 Å². The van der Waals surface area contributed by atoms with Crippen molar-refractivity contribution in [3.05, 3.63) is 23.3 Å². The summed E-state index contributed by atoms with van der Waals surface area (Å²) in [7, 11) is -6.87. The average Bonchev–Trinajstić information content (AvgIpc) is 2.32. The van der Waals surface area contributed by atoms with E-state index in [1.807, 2.05) is 0 Å². The Bertz CT molecular complexity index is 708. The van der Waals surface area contributed by atoms with E-state index >= 15 is 0 Å². The molecule has 0 fully saturated rings. The van der Waals surface area contributed by atoms with E-state index in [1.54, 1.807) is 20.8 Å². The molecule has 6 nitrogen and oxygen atoms in total. The maximum atomic E-state index is 11.6. The molecule has 1 rings (SSSR count). The molecule has 2 N–H and O–H groups in total. The first kappa shape index (κ1) is 17.9. The van der Waals surface area contributed by atoms with Crippen molar-refractivity contribution in [2.75, 3.05) is 18.1 Å². The van der Waals surface area contributed by atoms with E-state index in [0.717, 1.165) is 0 Å². The highest BCUT2D eigenvalue weighted by atomic mass is 32.2. The van der Waals surface area contributed by atoms with E-state index in [-0.39, 0.29) is 23.0 Å². The molecule has 0 aromatic heterocycles. The van der Waals surface area contributed by atoms with E-state index in [0.29, 0.717) is 23.3 Å². The van der Waals surface area contributed by atoms with Gasteiger partial charge in [0.1, 0.15) is 12.4 Å². The summed E-state index contributed by atoms with van der Waals surface area (Å²) in [6.45, 7) is 5.19. The molecule has 0 unspecified atom stereocenters. The van der Waals surface area contributed by atoms with Crippen LogP contribution in [0.1, 0.15) is 24.5 Å². The lowest BCUT2D eigenvalue weighted by Gasteiger charge is -2.13. The largest absolute Gasteiger partial charge is 0.492 e. The third-order valence-corrected chi connectivity index (χ3v) is 6.04. The van der Waals surface area contributed by atoms with Gasteiger partial charge in [0.05, 0.1) is 16.4 Å². The normalized spacial score (nSPS) is 12.4. The lowest BCUT2D eigenvalue weighted by molar-refractivity contribution is 0.338. The molecular weight excluding hydrogens is 314 g/mol. The van der Waals surface area contributed by atoms with Crippen molar-refractivity contribution in [3.63, 3.8) is 0 Å². The van der Waals surface area contributed by atoms with Gasteiger partial charge in [0.25, 0.3) is 0 Å². The molecule has 0 bridgehead atoms. The maximum Gasteiger partial charge on any atom is 0.238 e. The van der Waals surface area contributed by atoms with Crippen molar-refractivity contribution < 1.29 is 21.6 Å². The maximum absolute atomic E-state index is 11.6. The standard InChI is InChI=1S/C13H21NO5S2/c1-4-8-20(15,16)9-7-19-12-5-6-13(21(14,17)18)11(3)10(12)2/h5-6H,4,7-9H2,1-3H3,(H2,14,17,18). The number of rotatable bonds is 7. The van der Waals surface area contributed by atoms with Crippen LogP contribution in [0.4, 0.5) is 0 Å². The van der Waals surface area contributed by atoms with Gasteiger partial charge in [-0.05, 0) is 43.5 Å². The Kier molecular flexibility index (Phi) is 5.77. The Hall–Kier alpha value is -1.12. The van der Waals surface area contributed by atoms with E-state index in [2.05, 4.69) is 0 Å². The molecule has 0 aliphatic heterocycles. The van der Waals surface area contributed by atoms with Crippen LogP contribution in [0.3, 0.4) is 0 Å². The second-order valence-electron chi connectivity index (χ2n) is 4.86. The van der Waals surface area contributed by atoms with Crippen molar-refractivity contribution in [2.45, 2.75) is 32.1 Å². The SMILES string of the molecule is CCCS(=O)(=O)CCOc1ccc(S(N)(=O)=O)c(C)c1C. The summed E-state index contributed by atoms with van der Waals surface area (Å²) < 4.78 is 51.4. The Balaban J connectivity index is 2.86. The van der Waals surface area contributed by atoms with E-state index in [9.17, 15) is 16.8 Å². The Labute approximate surface area is 126 Å². The van der Waals surface area contributed by atoms with Crippen molar-refractivity contribution in [1.82, 2.24) is 0 Å². The Morgan fingerprint density at radius 3 is 2.19 bits per heavy atom. The molecule has 0 saturated carbocycles. The highest BCUT2D eigenvalue weighted by Gasteiger charge is 2.16. The van der Waals surface area contributed by atoms with Crippen molar-refractivity contribution in [1.29, 1.82) is 0 Å². The fourth-order valence-corrected chi connectivity index (χ4v) is 3.93. The summed E-state index contributed by atoms with van der Waals surface area (Å²) >= 11 is 0. The van der Waals surface area contributed by atoms with Gasteiger partial charge in [0.15, 0.2) is 9.84 Å². The smallest absolute Gasteiger partial charge is 0.238 e. The number of hydrogen-bond donors (Lipinski definition) is 1. The number of nitrogens with two attached hydrogens (primary N) is 1. The molecule has 0 amide bonds. The molecular formula is C13H21NO5S2. The number of hydrogen-bond acceptors (Lipinski definition) is 5. The van der Waals surface area contributed by atoms with Crippen LogP contribution in [-0.4, -0.2) is 34.9 Å². The molecule has 0 aliphatic carbocycles. The lowest BCUT2D eigenvalue weighted by atomic mass is 10.1. The number of sulfonamides is 1. The van der Waals surface area contributed by atoms with Gasteiger partial charge in [-0.15, -0.1) is 0 Å². The molecule has 0 aliphatic rings. The topological polar surface area (TPSA) is 104 Å². The van der Waals surface area contributed by atoms with Gasteiger partial charge in [-0.25, -0.2) is 22.0 Å². The van der Waals surface area contributed by atoms with Gasteiger partial charge in [0, 0.05) is 0 Å². The average molecular weight is 335 g/mol. The third kappa shape index (κ3) is 4.98. The highest BCUT2D eigenvalue weighted by Crippen LogP contribution is 2.26. The summed E-state index contributed by atoms with van der Waals surface area (Å²) in [5, 5.41) is 5.12. The molecule has 0 spiro atoms. The van der Waals surface area contributed by atoms with E-state index in [1.165, 1.54) is 12.1 Å². The van der Waals surface area contributed by atoms with Gasteiger partial charge in [-0.3, -0.25) is 0 Å². The first-order chi connectivity index (χ1) is 9.58. The predicted molar refractivity (Wildman–Crippen MR) is 81.7 cm³/mol. The first-order valence-corrected chi connectivity index (χ1v) is 9.91. The van der Waals surface area contributed by atoms with E-state index in [4.69, 9.17) is 9.88 Å². The molecule has 0 radical (unpaired) electrons. The first-order valence-electron chi connectivity index (χ1n) is 6.54. The summed E-state index contributed by atoms with van der Waals surface area (Å²) in [5.74, 6) is 0.543. The van der Waals surface area contributed by atoms with Crippen molar-refractivity contribution >= 4 is 19.9 Å². The third-order valence-electron chi connectivity index (χ3n) is 3.16. The predicted octanol–water partition coefficient (Wildman–Crippen LogP) is 1.15.